The second kappa shape index (κ2) is 7.71. The van der Waals surface area contributed by atoms with Crippen molar-refractivity contribution in [3.8, 4) is 11.3 Å². The molecule has 2 unspecified atom stereocenters. The molecule has 4 heterocycles. The van der Waals surface area contributed by atoms with Crippen molar-refractivity contribution >= 4 is 17.7 Å². The van der Waals surface area contributed by atoms with E-state index in [2.05, 4.69) is 15.2 Å². The summed E-state index contributed by atoms with van der Waals surface area (Å²) in [6, 6.07) is 5.35. The van der Waals surface area contributed by atoms with E-state index in [0.29, 0.717) is 25.3 Å². The summed E-state index contributed by atoms with van der Waals surface area (Å²) >= 11 is 0. The zero-order valence-electron chi connectivity index (χ0n) is 18.5. The van der Waals surface area contributed by atoms with E-state index in [1.807, 2.05) is 12.1 Å². The van der Waals surface area contributed by atoms with E-state index in [4.69, 9.17) is 0 Å². The van der Waals surface area contributed by atoms with Gasteiger partial charge in [0.2, 0.25) is 11.8 Å². The highest BCUT2D eigenvalue weighted by atomic mass is 19.1. The number of benzene rings is 1. The number of likely N-dealkylation sites (tertiary alicyclic amines) is 1. The van der Waals surface area contributed by atoms with Gasteiger partial charge in [-0.2, -0.15) is 0 Å². The number of aromatic nitrogens is 1. The number of hydrogen-bond acceptors (Lipinski definition) is 6. The molecule has 9 heteroatoms. The van der Waals surface area contributed by atoms with Crippen LogP contribution in [0.2, 0.25) is 0 Å². The second-order valence-electron chi connectivity index (χ2n) is 9.44. The fourth-order valence-corrected chi connectivity index (χ4v) is 5.21. The van der Waals surface area contributed by atoms with Gasteiger partial charge in [-0.05, 0) is 50.1 Å². The summed E-state index contributed by atoms with van der Waals surface area (Å²) in [7, 11) is 0. The number of piperidine rings is 1. The van der Waals surface area contributed by atoms with Crippen LogP contribution in [0.5, 0.6) is 0 Å². The van der Waals surface area contributed by atoms with Gasteiger partial charge in [-0.1, -0.05) is 0 Å². The molecule has 0 bridgehead atoms. The van der Waals surface area contributed by atoms with Crippen LogP contribution >= 0.6 is 0 Å². The standard InChI is InChI=1S/C24H25FN4O4/c1-13-20-16(23(32)29(13)18-5-6-19(30)27-22(18)31)4-3-15(21(20)25)17-9-14(7-8-26-17)10-28-11-24(2,33)12-28/h3-4,7-9,13,18,33H,5-6,10-12H2,1-2H3,(H,27,30,31). The van der Waals surface area contributed by atoms with E-state index >= 15 is 4.39 Å². The first-order valence-electron chi connectivity index (χ1n) is 11.0. The number of β-amino-alcohol motifs (C(OH)–C–C–N with tert-alkyl or cyclic N) is 1. The maximum absolute atomic E-state index is 15.7. The van der Waals surface area contributed by atoms with E-state index in [-0.39, 0.29) is 35.4 Å². The summed E-state index contributed by atoms with van der Waals surface area (Å²) in [6.45, 7) is 5.26. The zero-order valence-corrected chi connectivity index (χ0v) is 18.5. The number of aliphatic hydroxyl groups is 1. The van der Waals surface area contributed by atoms with Crippen LogP contribution in [0.3, 0.4) is 0 Å². The molecule has 2 N–H and O–H groups in total. The van der Waals surface area contributed by atoms with Gasteiger partial charge in [0.15, 0.2) is 0 Å². The largest absolute Gasteiger partial charge is 0.388 e. The summed E-state index contributed by atoms with van der Waals surface area (Å²) in [5.41, 5.74) is 1.50. The Bertz CT molecular complexity index is 1170. The summed E-state index contributed by atoms with van der Waals surface area (Å²) in [5, 5.41) is 12.2. The number of nitrogens with one attached hydrogen (secondary N) is 1. The van der Waals surface area contributed by atoms with Crippen LogP contribution < -0.4 is 5.32 Å². The Morgan fingerprint density at radius 2 is 1.94 bits per heavy atom. The molecule has 0 radical (unpaired) electrons. The van der Waals surface area contributed by atoms with Gasteiger partial charge in [-0.25, -0.2) is 4.39 Å². The normalized spacial score (nSPS) is 24.5. The second-order valence-corrected chi connectivity index (χ2v) is 9.44. The van der Waals surface area contributed by atoms with E-state index in [9.17, 15) is 19.5 Å². The maximum Gasteiger partial charge on any atom is 0.255 e. The predicted molar refractivity (Wildman–Crippen MR) is 116 cm³/mol. The topological polar surface area (TPSA) is 103 Å². The molecule has 0 aliphatic carbocycles. The highest BCUT2D eigenvalue weighted by Gasteiger charge is 2.45. The molecule has 0 saturated carbocycles. The molecule has 2 fully saturated rings. The molecule has 33 heavy (non-hydrogen) atoms. The molecule has 3 aliphatic heterocycles. The molecule has 1 aromatic carbocycles. The number of nitrogens with zero attached hydrogens (tertiary/aromatic N) is 3. The lowest BCUT2D eigenvalue weighted by Crippen LogP contribution is -2.59. The van der Waals surface area contributed by atoms with Crippen LogP contribution in [0.4, 0.5) is 4.39 Å². The Hall–Kier alpha value is -3.17. The van der Waals surface area contributed by atoms with Gasteiger partial charge in [0, 0.05) is 48.9 Å². The van der Waals surface area contributed by atoms with Gasteiger partial charge >= 0.3 is 0 Å². The van der Waals surface area contributed by atoms with Crippen molar-refractivity contribution in [2.75, 3.05) is 13.1 Å². The molecule has 5 rings (SSSR count). The Labute approximate surface area is 190 Å². The van der Waals surface area contributed by atoms with Crippen molar-refractivity contribution < 1.29 is 23.9 Å². The highest BCUT2D eigenvalue weighted by Crippen LogP contribution is 2.41. The molecule has 3 amide bonds. The fraction of sp³-hybridized carbons (Fsp3) is 0.417. The number of imide groups is 1. The van der Waals surface area contributed by atoms with Gasteiger partial charge in [0.05, 0.1) is 17.3 Å². The number of carbonyl (C=O) groups is 3. The molecule has 2 aromatic rings. The van der Waals surface area contributed by atoms with E-state index < -0.39 is 35.3 Å². The van der Waals surface area contributed by atoms with Crippen molar-refractivity contribution in [2.45, 2.75) is 50.9 Å². The SMILES string of the molecule is CC1c2c(ccc(-c3cc(CN4CC(C)(O)C4)ccn3)c2F)C(=O)N1C1CCC(=O)NC1=O. The predicted octanol–water partition coefficient (Wildman–Crippen LogP) is 1.78. The Kier molecular flexibility index (Phi) is 5.06. The lowest BCUT2D eigenvalue weighted by molar-refractivity contribution is -0.137. The van der Waals surface area contributed by atoms with Crippen LogP contribution in [0.15, 0.2) is 30.5 Å². The summed E-state index contributed by atoms with van der Waals surface area (Å²) in [6.07, 6.45) is 1.98. The van der Waals surface area contributed by atoms with Crippen molar-refractivity contribution in [3.63, 3.8) is 0 Å². The third-order valence-electron chi connectivity index (χ3n) is 6.66. The van der Waals surface area contributed by atoms with Crippen LogP contribution in [0.25, 0.3) is 11.3 Å². The first kappa shape index (κ1) is 21.7. The van der Waals surface area contributed by atoms with Crippen LogP contribution in [-0.2, 0) is 16.1 Å². The highest BCUT2D eigenvalue weighted by molar-refractivity contribution is 6.06. The number of carbonyl (C=O) groups excluding carboxylic acids is 3. The third-order valence-corrected chi connectivity index (χ3v) is 6.66. The Morgan fingerprint density at radius 1 is 1.21 bits per heavy atom. The average Bonchev–Trinajstić information content (AvgIpc) is 2.98. The molecular formula is C24H25FN4O4. The van der Waals surface area contributed by atoms with Gasteiger partial charge in [0.1, 0.15) is 11.9 Å². The zero-order chi connectivity index (χ0) is 23.5. The van der Waals surface area contributed by atoms with Crippen molar-refractivity contribution in [1.82, 2.24) is 20.1 Å². The molecule has 3 aliphatic rings. The van der Waals surface area contributed by atoms with Gasteiger partial charge in [-0.15, -0.1) is 0 Å². The monoisotopic (exact) mass is 452 g/mol. The quantitative estimate of drug-likeness (QED) is 0.686. The molecule has 2 saturated heterocycles. The molecule has 0 spiro atoms. The van der Waals surface area contributed by atoms with Crippen LogP contribution in [0.1, 0.15) is 54.2 Å². The summed E-state index contributed by atoms with van der Waals surface area (Å²) < 4.78 is 15.7. The third kappa shape index (κ3) is 3.71. The molecule has 1 aromatic heterocycles. The summed E-state index contributed by atoms with van der Waals surface area (Å²) in [4.78, 5) is 44.7. The van der Waals surface area contributed by atoms with Crippen molar-refractivity contribution in [3.05, 3.63) is 53.0 Å². The minimum atomic E-state index is -0.810. The minimum absolute atomic E-state index is 0.139. The fourth-order valence-electron chi connectivity index (χ4n) is 5.21. The summed E-state index contributed by atoms with van der Waals surface area (Å²) in [5.74, 6) is -1.84. The molecular weight excluding hydrogens is 427 g/mol. The molecule has 2 atom stereocenters. The van der Waals surface area contributed by atoms with E-state index in [1.165, 1.54) is 4.90 Å². The van der Waals surface area contributed by atoms with Crippen molar-refractivity contribution in [2.24, 2.45) is 0 Å². The molecule has 8 nitrogen and oxygen atoms in total. The number of pyridine rings is 1. The smallest absolute Gasteiger partial charge is 0.255 e. The lowest BCUT2D eigenvalue weighted by Gasteiger charge is -2.44. The van der Waals surface area contributed by atoms with E-state index in [0.717, 1.165) is 5.56 Å². The molecule has 172 valence electrons. The Balaban J connectivity index is 1.43. The first-order chi connectivity index (χ1) is 15.6. The number of hydrogen-bond donors (Lipinski definition) is 2. The Morgan fingerprint density at radius 3 is 2.64 bits per heavy atom. The maximum atomic E-state index is 15.7. The van der Waals surface area contributed by atoms with Crippen molar-refractivity contribution in [1.29, 1.82) is 0 Å². The lowest BCUT2D eigenvalue weighted by atomic mass is 9.95. The van der Waals surface area contributed by atoms with Crippen LogP contribution in [0, 0.1) is 5.82 Å². The van der Waals surface area contributed by atoms with Crippen LogP contribution in [-0.4, -0.2) is 62.3 Å². The minimum Gasteiger partial charge on any atom is -0.388 e. The van der Waals surface area contributed by atoms with E-state index in [1.54, 1.807) is 32.2 Å². The number of halogens is 1. The first-order valence-corrected chi connectivity index (χ1v) is 11.0. The number of fused-ring (bicyclic) bond motifs is 1. The van der Waals surface area contributed by atoms with Gasteiger partial charge < -0.3 is 10.0 Å². The average molecular weight is 452 g/mol. The number of amides is 3. The van der Waals surface area contributed by atoms with Gasteiger partial charge in [0.25, 0.3) is 5.91 Å². The van der Waals surface area contributed by atoms with Gasteiger partial charge in [-0.3, -0.25) is 29.6 Å². The number of rotatable bonds is 4.